The number of nitrogens with one attached hydrogen (secondary N) is 1. The van der Waals surface area contributed by atoms with Crippen molar-refractivity contribution >= 4 is 5.91 Å². The predicted octanol–water partition coefficient (Wildman–Crippen LogP) is 1.48. The Bertz CT molecular complexity index is 591. The summed E-state index contributed by atoms with van der Waals surface area (Å²) in [5.41, 5.74) is 1.14. The van der Waals surface area contributed by atoms with E-state index in [9.17, 15) is 4.79 Å². The molecule has 1 atom stereocenters. The fourth-order valence-electron chi connectivity index (χ4n) is 2.11. The molecule has 0 unspecified atom stereocenters. The minimum absolute atomic E-state index is 0.279. The van der Waals surface area contributed by atoms with Gasteiger partial charge in [-0.2, -0.15) is 5.10 Å². The number of aryl methyl sites for hydroxylation is 2. The zero-order valence-electron chi connectivity index (χ0n) is 12.5. The molecule has 2 heterocycles. The van der Waals surface area contributed by atoms with Crippen molar-refractivity contribution in [3.63, 3.8) is 0 Å². The smallest absolute Gasteiger partial charge is 0.274 e. The van der Waals surface area contributed by atoms with Gasteiger partial charge in [0.05, 0.1) is 18.3 Å². The summed E-state index contributed by atoms with van der Waals surface area (Å²) in [6.07, 6.45) is 3.39. The van der Waals surface area contributed by atoms with Crippen LogP contribution in [0, 0.1) is 0 Å². The van der Waals surface area contributed by atoms with E-state index in [-0.39, 0.29) is 17.6 Å². The molecule has 2 aromatic rings. The molecule has 2 aromatic heterocycles. The largest absolute Gasteiger partial charge is 0.382 e. The second-order valence-corrected chi connectivity index (χ2v) is 4.79. The van der Waals surface area contributed by atoms with E-state index in [1.165, 1.54) is 0 Å². The quantitative estimate of drug-likeness (QED) is 0.835. The standard InChI is InChI=1S/C14H20N4O3/c1-4-5-10-8-11(17-21-10)14(19)16-12(9-20-3)13-6-7-15-18(13)2/h6-8,12H,4-5,9H2,1-3H3,(H,16,19)/t12-/m1/s1. The fraction of sp³-hybridized carbons (Fsp3) is 0.500. The van der Waals surface area contributed by atoms with Gasteiger partial charge in [-0.3, -0.25) is 9.48 Å². The first kappa shape index (κ1) is 15.2. The van der Waals surface area contributed by atoms with Crippen LogP contribution < -0.4 is 5.32 Å². The average Bonchev–Trinajstić information content (AvgIpc) is 3.08. The number of rotatable bonds is 7. The Morgan fingerprint density at radius 1 is 1.57 bits per heavy atom. The monoisotopic (exact) mass is 292 g/mol. The minimum Gasteiger partial charge on any atom is -0.382 e. The van der Waals surface area contributed by atoms with E-state index >= 15 is 0 Å². The van der Waals surface area contributed by atoms with Crippen molar-refractivity contribution in [3.8, 4) is 0 Å². The van der Waals surface area contributed by atoms with Crippen molar-refractivity contribution in [2.24, 2.45) is 7.05 Å². The number of amides is 1. The van der Waals surface area contributed by atoms with Gasteiger partial charge in [0.2, 0.25) is 0 Å². The number of carbonyl (C=O) groups excluding carboxylic acids is 1. The summed E-state index contributed by atoms with van der Waals surface area (Å²) in [7, 11) is 3.41. The maximum absolute atomic E-state index is 12.2. The molecule has 0 radical (unpaired) electrons. The Morgan fingerprint density at radius 2 is 2.38 bits per heavy atom. The fourth-order valence-corrected chi connectivity index (χ4v) is 2.11. The highest BCUT2D eigenvalue weighted by atomic mass is 16.5. The van der Waals surface area contributed by atoms with Crippen molar-refractivity contribution < 1.29 is 14.1 Å². The third kappa shape index (κ3) is 3.69. The molecule has 0 fully saturated rings. The molecule has 2 rings (SSSR count). The third-order valence-electron chi connectivity index (χ3n) is 3.14. The van der Waals surface area contributed by atoms with Crippen LogP contribution in [0.3, 0.4) is 0 Å². The second-order valence-electron chi connectivity index (χ2n) is 4.79. The Kier molecular flexibility index (Phi) is 5.10. The number of carbonyl (C=O) groups is 1. The average molecular weight is 292 g/mol. The van der Waals surface area contributed by atoms with Crippen LogP contribution in [0.2, 0.25) is 0 Å². The van der Waals surface area contributed by atoms with Crippen LogP contribution in [0.5, 0.6) is 0 Å². The van der Waals surface area contributed by atoms with E-state index in [2.05, 4.69) is 15.6 Å². The molecule has 0 saturated carbocycles. The molecule has 114 valence electrons. The Balaban J connectivity index is 2.09. The van der Waals surface area contributed by atoms with Crippen molar-refractivity contribution in [2.45, 2.75) is 25.8 Å². The Hall–Kier alpha value is -2.15. The molecule has 0 bridgehead atoms. The van der Waals surface area contributed by atoms with E-state index in [1.807, 2.05) is 20.0 Å². The van der Waals surface area contributed by atoms with Gasteiger partial charge in [-0.1, -0.05) is 12.1 Å². The van der Waals surface area contributed by atoms with E-state index < -0.39 is 0 Å². The molecule has 1 N–H and O–H groups in total. The summed E-state index contributed by atoms with van der Waals surface area (Å²) in [6, 6.07) is 3.22. The summed E-state index contributed by atoms with van der Waals surface area (Å²) in [6.45, 7) is 2.39. The molecule has 0 spiro atoms. The van der Waals surface area contributed by atoms with Crippen LogP contribution in [0.25, 0.3) is 0 Å². The summed E-state index contributed by atoms with van der Waals surface area (Å²) in [5, 5.41) is 10.8. The van der Waals surface area contributed by atoms with Gasteiger partial charge in [0.25, 0.3) is 5.91 Å². The summed E-state index contributed by atoms with van der Waals surface area (Å²) >= 11 is 0. The third-order valence-corrected chi connectivity index (χ3v) is 3.14. The SMILES string of the molecule is CCCc1cc(C(=O)N[C@H](COC)c2ccnn2C)no1. The maximum atomic E-state index is 12.2. The van der Waals surface area contributed by atoms with Crippen LogP contribution in [-0.4, -0.2) is 34.6 Å². The topological polar surface area (TPSA) is 82.2 Å². The minimum atomic E-state index is -0.290. The van der Waals surface area contributed by atoms with E-state index in [0.717, 1.165) is 18.5 Å². The number of hydrogen-bond acceptors (Lipinski definition) is 5. The normalized spacial score (nSPS) is 12.3. The number of aromatic nitrogens is 3. The van der Waals surface area contributed by atoms with Gasteiger partial charge in [-0.15, -0.1) is 0 Å². The van der Waals surface area contributed by atoms with Gasteiger partial charge in [-0.05, 0) is 12.5 Å². The second kappa shape index (κ2) is 7.03. The Labute approximate surface area is 123 Å². The van der Waals surface area contributed by atoms with Gasteiger partial charge in [0, 0.05) is 32.8 Å². The number of nitrogens with zero attached hydrogens (tertiary/aromatic N) is 3. The molecule has 7 nitrogen and oxygen atoms in total. The molecule has 1 amide bonds. The highest BCUT2D eigenvalue weighted by Crippen LogP contribution is 2.13. The highest BCUT2D eigenvalue weighted by Gasteiger charge is 2.20. The first-order valence-corrected chi connectivity index (χ1v) is 6.89. The van der Waals surface area contributed by atoms with Crippen LogP contribution >= 0.6 is 0 Å². The first-order valence-electron chi connectivity index (χ1n) is 6.89. The lowest BCUT2D eigenvalue weighted by Gasteiger charge is -2.17. The van der Waals surface area contributed by atoms with E-state index in [4.69, 9.17) is 9.26 Å². The van der Waals surface area contributed by atoms with Gasteiger partial charge >= 0.3 is 0 Å². The number of hydrogen-bond donors (Lipinski definition) is 1. The highest BCUT2D eigenvalue weighted by molar-refractivity contribution is 5.92. The molecule has 7 heteroatoms. The molecule has 0 aromatic carbocycles. The lowest BCUT2D eigenvalue weighted by atomic mass is 10.2. The van der Waals surface area contributed by atoms with Crippen molar-refractivity contribution in [3.05, 3.63) is 35.5 Å². The zero-order chi connectivity index (χ0) is 15.2. The molecular formula is C14H20N4O3. The maximum Gasteiger partial charge on any atom is 0.274 e. The Morgan fingerprint density at radius 3 is 3.00 bits per heavy atom. The first-order chi connectivity index (χ1) is 10.2. The molecule has 0 aliphatic heterocycles. The molecule has 21 heavy (non-hydrogen) atoms. The van der Waals surface area contributed by atoms with Gasteiger partial charge in [0.15, 0.2) is 5.69 Å². The van der Waals surface area contributed by atoms with Gasteiger partial charge in [-0.25, -0.2) is 0 Å². The van der Waals surface area contributed by atoms with Crippen LogP contribution in [0.15, 0.2) is 22.9 Å². The van der Waals surface area contributed by atoms with Crippen LogP contribution in [0.1, 0.15) is 41.3 Å². The molecule has 0 aliphatic rings. The van der Waals surface area contributed by atoms with E-state index in [1.54, 1.807) is 24.1 Å². The lowest BCUT2D eigenvalue weighted by molar-refractivity contribution is 0.0883. The number of methoxy groups -OCH3 is 1. The van der Waals surface area contributed by atoms with E-state index in [0.29, 0.717) is 12.4 Å². The zero-order valence-corrected chi connectivity index (χ0v) is 12.5. The van der Waals surface area contributed by atoms with Crippen LogP contribution in [-0.2, 0) is 18.2 Å². The summed E-state index contributed by atoms with van der Waals surface area (Å²) in [4.78, 5) is 12.2. The van der Waals surface area contributed by atoms with Crippen molar-refractivity contribution in [1.82, 2.24) is 20.3 Å². The predicted molar refractivity (Wildman–Crippen MR) is 75.8 cm³/mol. The van der Waals surface area contributed by atoms with Crippen molar-refractivity contribution in [1.29, 1.82) is 0 Å². The summed E-state index contributed by atoms with van der Waals surface area (Å²) < 4.78 is 12.0. The van der Waals surface area contributed by atoms with Gasteiger partial charge < -0.3 is 14.6 Å². The molecule has 0 aliphatic carbocycles. The summed E-state index contributed by atoms with van der Waals surface area (Å²) in [5.74, 6) is 0.427. The number of ether oxygens (including phenoxy) is 1. The molecular weight excluding hydrogens is 272 g/mol. The molecule has 0 saturated heterocycles. The van der Waals surface area contributed by atoms with Crippen LogP contribution in [0.4, 0.5) is 0 Å². The lowest BCUT2D eigenvalue weighted by Crippen LogP contribution is -2.32. The van der Waals surface area contributed by atoms with Gasteiger partial charge in [0.1, 0.15) is 5.76 Å². The van der Waals surface area contributed by atoms with Crippen molar-refractivity contribution in [2.75, 3.05) is 13.7 Å².